The number of rotatable bonds is 14. The number of nitrogens with zero attached hydrogens (tertiary/aromatic N) is 6. The SMILES string of the molecule is Cn1ncc2c(N[C@@H](CCN(CCCCc3ccc4c(n3)CCCC4)CCS(C)(=O)=O)C(=O)O)ncnc21. The maximum atomic E-state index is 12.0. The first kappa shape index (κ1) is 27.9. The molecule has 3 aromatic heterocycles. The summed E-state index contributed by atoms with van der Waals surface area (Å²) in [6.07, 6.45) is 11.8. The van der Waals surface area contributed by atoms with Crippen LogP contribution in [0.4, 0.5) is 5.82 Å². The number of carboxylic acid groups (broad SMARTS) is 1. The first-order valence-corrected chi connectivity index (χ1v) is 15.3. The highest BCUT2D eigenvalue weighted by atomic mass is 32.2. The fourth-order valence-electron chi connectivity index (χ4n) is 4.85. The highest BCUT2D eigenvalue weighted by Gasteiger charge is 2.21. The molecule has 4 rings (SSSR count). The van der Waals surface area contributed by atoms with Gasteiger partial charge in [-0.3, -0.25) is 9.67 Å². The monoisotopic (exact) mass is 543 g/mol. The van der Waals surface area contributed by atoms with E-state index in [1.165, 1.54) is 36.7 Å². The number of unbranched alkanes of at least 4 members (excludes halogenated alkanes) is 1. The Kier molecular flexibility index (Phi) is 9.26. The molecule has 0 spiro atoms. The molecule has 1 atom stereocenters. The van der Waals surface area contributed by atoms with Crippen LogP contribution in [0.5, 0.6) is 0 Å². The number of aromatic nitrogens is 5. The van der Waals surface area contributed by atoms with Crippen LogP contribution in [0.3, 0.4) is 0 Å². The van der Waals surface area contributed by atoms with Gasteiger partial charge in [0, 0.05) is 37.8 Å². The van der Waals surface area contributed by atoms with Crippen molar-refractivity contribution < 1.29 is 18.3 Å². The number of aryl methyl sites for hydroxylation is 4. The average molecular weight is 544 g/mol. The van der Waals surface area contributed by atoms with Gasteiger partial charge in [-0.15, -0.1) is 0 Å². The van der Waals surface area contributed by atoms with Crippen molar-refractivity contribution in [1.29, 1.82) is 0 Å². The molecular formula is C26H37N7O4S. The van der Waals surface area contributed by atoms with E-state index < -0.39 is 21.8 Å². The van der Waals surface area contributed by atoms with Gasteiger partial charge >= 0.3 is 5.97 Å². The molecule has 1 aliphatic rings. The third kappa shape index (κ3) is 7.70. The number of hydrogen-bond acceptors (Lipinski definition) is 9. The van der Waals surface area contributed by atoms with Gasteiger partial charge in [-0.25, -0.2) is 23.2 Å². The molecule has 206 valence electrons. The lowest BCUT2D eigenvalue weighted by molar-refractivity contribution is -0.138. The van der Waals surface area contributed by atoms with Crippen LogP contribution in [-0.4, -0.2) is 86.8 Å². The van der Waals surface area contributed by atoms with E-state index in [1.807, 2.05) is 4.90 Å². The first-order valence-electron chi connectivity index (χ1n) is 13.2. The summed E-state index contributed by atoms with van der Waals surface area (Å²) in [6.45, 7) is 1.49. The molecule has 38 heavy (non-hydrogen) atoms. The zero-order valence-electron chi connectivity index (χ0n) is 22.1. The van der Waals surface area contributed by atoms with Gasteiger partial charge in [-0.1, -0.05) is 6.07 Å². The lowest BCUT2D eigenvalue weighted by Crippen LogP contribution is -2.37. The second kappa shape index (κ2) is 12.6. The van der Waals surface area contributed by atoms with E-state index in [4.69, 9.17) is 4.98 Å². The number of fused-ring (bicyclic) bond motifs is 2. The molecule has 3 heterocycles. The first-order chi connectivity index (χ1) is 18.2. The minimum absolute atomic E-state index is 0.0345. The molecule has 0 saturated heterocycles. The standard InChI is InChI=1S/C26H37N7O4S/c1-32-25-21(17-29-32)24(27-18-28-25)31-23(26(34)35)12-14-33(15-16-38(2,36)37)13-6-5-8-20-11-10-19-7-3-4-9-22(19)30-20/h10-11,17-18,23H,3-9,12-16H2,1-2H3,(H,34,35)(H,27,28,31)/t23-/m0/s1. The summed E-state index contributed by atoms with van der Waals surface area (Å²) in [5.74, 6) is -0.551. The summed E-state index contributed by atoms with van der Waals surface area (Å²) in [5.41, 5.74) is 4.33. The number of sulfone groups is 1. The molecule has 0 bridgehead atoms. The van der Waals surface area contributed by atoms with Crippen LogP contribution < -0.4 is 5.32 Å². The Morgan fingerprint density at radius 2 is 1.97 bits per heavy atom. The van der Waals surface area contributed by atoms with Gasteiger partial charge in [-0.05, 0) is 69.5 Å². The van der Waals surface area contributed by atoms with Gasteiger partial charge in [0.15, 0.2) is 5.65 Å². The molecule has 1 aliphatic carbocycles. The topological polar surface area (TPSA) is 143 Å². The molecule has 3 aromatic rings. The van der Waals surface area contributed by atoms with Crippen LogP contribution in [-0.2, 0) is 40.9 Å². The quantitative estimate of drug-likeness (QED) is 0.291. The summed E-state index contributed by atoms with van der Waals surface area (Å²) in [5, 5.41) is 17.7. The third-order valence-corrected chi connectivity index (χ3v) is 7.97. The van der Waals surface area contributed by atoms with Crippen molar-refractivity contribution in [3.8, 4) is 0 Å². The van der Waals surface area contributed by atoms with E-state index in [1.54, 1.807) is 17.9 Å². The predicted molar refractivity (Wildman–Crippen MR) is 146 cm³/mol. The molecule has 0 fully saturated rings. The Morgan fingerprint density at radius 3 is 2.76 bits per heavy atom. The van der Waals surface area contributed by atoms with Gasteiger partial charge in [0.1, 0.15) is 28.0 Å². The van der Waals surface area contributed by atoms with E-state index in [9.17, 15) is 18.3 Å². The summed E-state index contributed by atoms with van der Waals surface area (Å²) >= 11 is 0. The Bertz CT molecular complexity index is 1360. The van der Waals surface area contributed by atoms with Gasteiger partial charge in [-0.2, -0.15) is 5.10 Å². The van der Waals surface area contributed by atoms with Crippen LogP contribution in [0.15, 0.2) is 24.7 Å². The number of anilines is 1. The molecule has 0 unspecified atom stereocenters. The average Bonchev–Trinajstić information content (AvgIpc) is 3.27. The van der Waals surface area contributed by atoms with E-state index in [-0.39, 0.29) is 12.2 Å². The normalized spacial score (nSPS) is 14.5. The molecule has 0 aromatic carbocycles. The van der Waals surface area contributed by atoms with E-state index in [0.29, 0.717) is 36.5 Å². The largest absolute Gasteiger partial charge is 0.480 e. The zero-order chi connectivity index (χ0) is 27.1. The predicted octanol–water partition coefficient (Wildman–Crippen LogP) is 2.26. The van der Waals surface area contributed by atoms with Crippen molar-refractivity contribution >= 4 is 32.7 Å². The lowest BCUT2D eigenvalue weighted by Gasteiger charge is -2.24. The second-order valence-electron chi connectivity index (χ2n) is 10.1. The number of carbonyl (C=O) groups is 1. The summed E-state index contributed by atoms with van der Waals surface area (Å²) in [6, 6.07) is 3.44. The zero-order valence-corrected chi connectivity index (χ0v) is 23.0. The number of nitrogens with one attached hydrogen (secondary N) is 1. The fraction of sp³-hybridized carbons (Fsp3) is 0.577. The molecule has 0 amide bonds. The molecule has 0 aliphatic heterocycles. The van der Waals surface area contributed by atoms with Crippen molar-refractivity contribution in [3.63, 3.8) is 0 Å². The highest BCUT2D eigenvalue weighted by molar-refractivity contribution is 7.90. The molecule has 0 radical (unpaired) electrons. The number of pyridine rings is 1. The Balaban J connectivity index is 1.33. The Morgan fingerprint density at radius 1 is 1.16 bits per heavy atom. The lowest BCUT2D eigenvalue weighted by atomic mass is 9.95. The van der Waals surface area contributed by atoms with Gasteiger partial charge in [0.2, 0.25) is 0 Å². The van der Waals surface area contributed by atoms with Gasteiger partial charge in [0.25, 0.3) is 0 Å². The summed E-state index contributed by atoms with van der Waals surface area (Å²) in [7, 11) is -1.38. The fourth-order valence-corrected chi connectivity index (χ4v) is 5.44. The Hall–Kier alpha value is -3.12. The summed E-state index contributed by atoms with van der Waals surface area (Å²) in [4.78, 5) is 27.4. The van der Waals surface area contributed by atoms with Crippen molar-refractivity contribution in [3.05, 3.63) is 41.6 Å². The second-order valence-corrected chi connectivity index (χ2v) is 12.4. The summed E-state index contributed by atoms with van der Waals surface area (Å²) < 4.78 is 25.2. The molecule has 0 saturated carbocycles. The van der Waals surface area contributed by atoms with Crippen molar-refractivity contribution in [2.45, 2.75) is 57.4 Å². The van der Waals surface area contributed by atoms with Crippen molar-refractivity contribution in [2.24, 2.45) is 7.05 Å². The van der Waals surface area contributed by atoms with Crippen LogP contribution in [0, 0.1) is 0 Å². The van der Waals surface area contributed by atoms with Crippen LogP contribution in [0.25, 0.3) is 11.0 Å². The van der Waals surface area contributed by atoms with E-state index in [2.05, 4.69) is 32.5 Å². The maximum Gasteiger partial charge on any atom is 0.326 e. The minimum atomic E-state index is -3.14. The molecule has 12 heteroatoms. The van der Waals surface area contributed by atoms with Crippen molar-refractivity contribution in [1.82, 2.24) is 29.6 Å². The number of carboxylic acids is 1. The number of aliphatic carboxylic acids is 1. The maximum absolute atomic E-state index is 12.0. The van der Waals surface area contributed by atoms with Crippen LogP contribution in [0.2, 0.25) is 0 Å². The number of hydrogen-bond donors (Lipinski definition) is 2. The van der Waals surface area contributed by atoms with Crippen molar-refractivity contribution in [2.75, 3.05) is 37.0 Å². The van der Waals surface area contributed by atoms with E-state index in [0.717, 1.165) is 37.8 Å². The third-order valence-electron chi connectivity index (χ3n) is 7.04. The smallest absolute Gasteiger partial charge is 0.326 e. The van der Waals surface area contributed by atoms with Gasteiger partial charge < -0.3 is 15.3 Å². The molecule has 2 N–H and O–H groups in total. The molecule has 11 nitrogen and oxygen atoms in total. The highest BCUT2D eigenvalue weighted by Crippen LogP contribution is 2.21. The minimum Gasteiger partial charge on any atom is -0.480 e. The van der Waals surface area contributed by atoms with Gasteiger partial charge in [0.05, 0.1) is 17.3 Å². The Labute approximate surface area is 223 Å². The van der Waals surface area contributed by atoms with Crippen LogP contribution in [0.1, 0.15) is 49.1 Å². The molecular weight excluding hydrogens is 506 g/mol. The van der Waals surface area contributed by atoms with E-state index >= 15 is 0 Å². The van der Waals surface area contributed by atoms with Crippen LogP contribution >= 0.6 is 0 Å².